The summed E-state index contributed by atoms with van der Waals surface area (Å²) < 4.78 is 2.14. The van der Waals surface area contributed by atoms with Crippen molar-refractivity contribution in [2.45, 2.75) is 70.9 Å². The van der Waals surface area contributed by atoms with Crippen LogP contribution in [0.25, 0.3) is 0 Å². The summed E-state index contributed by atoms with van der Waals surface area (Å²) in [6, 6.07) is 2.74. The Hall–Kier alpha value is -0.830. The standard InChI is InChI=1S/C15H26N2O/c1-12(2)11-15(18)8-7-13-9-10-17(16-13)14-5-3-4-6-14/h9-10,12,14-15,18H,3-8,11H2,1-2H3. The highest BCUT2D eigenvalue weighted by molar-refractivity contribution is 5.00. The Labute approximate surface area is 110 Å². The van der Waals surface area contributed by atoms with E-state index in [2.05, 4.69) is 35.9 Å². The minimum atomic E-state index is -0.179. The van der Waals surface area contributed by atoms with Gasteiger partial charge >= 0.3 is 0 Å². The third kappa shape index (κ3) is 3.84. The molecule has 0 aliphatic heterocycles. The Morgan fingerprint density at radius 3 is 2.78 bits per heavy atom. The number of aliphatic hydroxyl groups excluding tert-OH is 1. The monoisotopic (exact) mass is 250 g/mol. The van der Waals surface area contributed by atoms with Crippen molar-refractivity contribution in [1.29, 1.82) is 0 Å². The number of rotatable bonds is 6. The molecule has 1 heterocycles. The predicted molar refractivity (Wildman–Crippen MR) is 73.5 cm³/mol. The largest absolute Gasteiger partial charge is 0.393 e. The molecular weight excluding hydrogens is 224 g/mol. The van der Waals surface area contributed by atoms with E-state index >= 15 is 0 Å². The number of aryl methyl sites for hydroxylation is 1. The number of aromatic nitrogens is 2. The number of hydrogen-bond acceptors (Lipinski definition) is 2. The second kappa shape index (κ2) is 6.37. The van der Waals surface area contributed by atoms with Crippen LogP contribution in [0.5, 0.6) is 0 Å². The van der Waals surface area contributed by atoms with Crippen molar-refractivity contribution < 1.29 is 5.11 Å². The van der Waals surface area contributed by atoms with Gasteiger partial charge in [0.1, 0.15) is 0 Å². The van der Waals surface area contributed by atoms with Crippen LogP contribution in [0.1, 0.15) is 64.1 Å². The van der Waals surface area contributed by atoms with Crippen LogP contribution in [0.3, 0.4) is 0 Å². The smallest absolute Gasteiger partial charge is 0.0625 e. The minimum absolute atomic E-state index is 0.179. The van der Waals surface area contributed by atoms with E-state index in [1.54, 1.807) is 0 Å². The van der Waals surface area contributed by atoms with Gasteiger partial charge in [-0.1, -0.05) is 26.7 Å². The first-order valence-corrected chi connectivity index (χ1v) is 7.37. The van der Waals surface area contributed by atoms with E-state index in [1.807, 2.05) is 0 Å². The molecule has 18 heavy (non-hydrogen) atoms. The topological polar surface area (TPSA) is 38.0 Å². The van der Waals surface area contributed by atoms with Gasteiger partial charge in [-0.15, -0.1) is 0 Å². The Kier molecular flexibility index (Phi) is 4.81. The van der Waals surface area contributed by atoms with Crippen molar-refractivity contribution in [3.05, 3.63) is 18.0 Å². The molecule has 0 aromatic carbocycles. The van der Waals surface area contributed by atoms with Crippen molar-refractivity contribution >= 4 is 0 Å². The van der Waals surface area contributed by atoms with Crippen molar-refractivity contribution in [3.63, 3.8) is 0 Å². The Balaban J connectivity index is 1.79. The lowest BCUT2D eigenvalue weighted by Gasteiger charge is -2.12. The Morgan fingerprint density at radius 2 is 2.11 bits per heavy atom. The minimum Gasteiger partial charge on any atom is -0.393 e. The molecule has 0 radical (unpaired) electrons. The zero-order chi connectivity index (χ0) is 13.0. The third-order valence-electron chi connectivity index (χ3n) is 3.84. The molecule has 0 spiro atoms. The summed E-state index contributed by atoms with van der Waals surface area (Å²) >= 11 is 0. The molecule has 1 aromatic rings. The highest BCUT2D eigenvalue weighted by Crippen LogP contribution is 2.28. The van der Waals surface area contributed by atoms with E-state index in [1.165, 1.54) is 25.7 Å². The van der Waals surface area contributed by atoms with Crippen molar-refractivity contribution in [2.75, 3.05) is 0 Å². The molecule has 3 nitrogen and oxygen atoms in total. The second-order valence-corrected chi connectivity index (χ2v) is 6.05. The quantitative estimate of drug-likeness (QED) is 0.841. The maximum absolute atomic E-state index is 9.86. The molecule has 1 aliphatic carbocycles. The SMILES string of the molecule is CC(C)CC(O)CCc1ccn(C2CCCC2)n1. The van der Waals surface area contributed by atoms with Gasteiger partial charge in [-0.3, -0.25) is 4.68 Å². The lowest BCUT2D eigenvalue weighted by atomic mass is 10.0. The summed E-state index contributed by atoms with van der Waals surface area (Å²) in [6.45, 7) is 4.30. The van der Waals surface area contributed by atoms with Gasteiger partial charge in [0.05, 0.1) is 17.8 Å². The van der Waals surface area contributed by atoms with Gasteiger partial charge in [0, 0.05) is 6.20 Å². The number of hydrogen-bond donors (Lipinski definition) is 1. The zero-order valence-electron chi connectivity index (χ0n) is 11.7. The van der Waals surface area contributed by atoms with Crippen molar-refractivity contribution in [3.8, 4) is 0 Å². The van der Waals surface area contributed by atoms with Gasteiger partial charge in [0.25, 0.3) is 0 Å². The van der Waals surface area contributed by atoms with Gasteiger partial charge in [0.15, 0.2) is 0 Å². The van der Waals surface area contributed by atoms with Gasteiger partial charge in [-0.05, 0) is 44.1 Å². The lowest BCUT2D eigenvalue weighted by Crippen LogP contribution is -2.11. The molecule has 1 aromatic heterocycles. The average Bonchev–Trinajstić information content (AvgIpc) is 2.96. The highest BCUT2D eigenvalue weighted by atomic mass is 16.3. The van der Waals surface area contributed by atoms with Crippen LogP contribution in [-0.4, -0.2) is 21.0 Å². The maximum atomic E-state index is 9.86. The number of nitrogens with zero attached hydrogens (tertiary/aromatic N) is 2. The van der Waals surface area contributed by atoms with Crippen LogP contribution in [-0.2, 0) is 6.42 Å². The first kappa shape index (κ1) is 13.6. The summed E-state index contributed by atoms with van der Waals surface area (Å²) in [6.07, 6.45) is 9.78. The van der Waals surface area contributed by atoms with Crippen LogP contribution in [0.15, 0.2) is 12.3 Å². The molecule has 0 bridgehead atoms. The molecule has 3 heteroatoms. The summed E-state index contributed by atoms with van der Waals surface area (Å²) in [5.41, 5.74) is 1.13. The lowest BCUT2D eigenvalue weighted by molar-refractivity contribution is 0.139. The molecule has 2 rings (SSSR count). The summed E-state index contributed by atoms with van der Waals surface area (Å²) in [7, 11) is 0. The molecule has 1 aliphatic rings. The summed E-state index contributed by atoms with van der Waals surface area (Å²) in [5.74, 6) is 0.566. The van der Waals surface area contributed by atoms with Gasteiger partial charge < -0.3 is 5.11 Å². The molecule has 102 valence electrons. The van der Waals surface area contributed by atoms with Crippen LogP contribution in [0, 0.1) is 5.92 Å². The Morgan fingerprint density at radius 1 is 1.39 bits per heavy atom. The van der Waals surface area contributed by atoms with E-state index in [0.29, 0.717) is 12.0 Å². The summed E-state index contributed by atoms with van der Waals surface area (Å²) in [4.78, 5) is 0. The first-order chi connectivity index (χ1) is 8.65. The maximum Gasteiger partial charge on any atom is 0.0625 e. The van der Waals surface area contributed by atoms with Gasteiger partial charge in [-0.25, -0.2) is 0 Å². The van der Waals surface area contributed by atoms with E-state index in [-0.39, 0.29) is 6.10 Å². The zero-order valence-corrected chi connectivity index (χ0v) is 11.7. The third-order valence-corrected chi connectivity index (χ3v) is 3.84. The Bertz CT molecular complexity index is 353. The second-order valence-electron chi connectivity index (χ2n) is 6.05. The normalized spacial score (nSPS) is 18.7. The van der Waals surface area contributed by atoms with Crippen LogP contribution >= 0.6 is 0 Å². The highest BCUT2D eigenvalue weighted by Gasteiger charge is 2.17. The van der Waals surface area contributed by atoms with Crippen LogP contribution in [0.2, 0.25) is 0 Å². The van der Waals surface area contributed by atoms with Crippen molar-refractivity contribution in [2.24, 2.45) is 5.92 Å². The average molecular weight is 250 g/mol. The van der Waals surface area contributed by atoms with Crippen LogP contribution in [0.4, 0.5) is 0 Å². The fraction of sp³-hybridized carbons (Fsp3) is 0.800. The van der Waals surface area contributed by atoms with Gasteiger partial charge in [0.2, 0.25) is 0 Å². The van der Waals surface area contributed by atoms with Crippen LogP contribution < -0.4 is 0 Å². The molecular formula is C15H26N2O. The fourth-order valence-electron chi connectivity index (χ4n) is 2.86. The van der Waals surface area contributed by atoms with E-state index in [9.17, 15) is 5.11 Å². The number of aliphatic hydroxyl groups is 1. The fourth-order valence-corrected chi connectivity index (χ4v) is 2.86. The molecule has 1 unspecified atom stereocenters. The molecule has 0 saturated heterocycles. The molecule has 0 amide bonds. The molecule has 1 saturated carbocycles. The van der Waals surface area contributed by atoms with Gasteiger partial charge in [-0.2, -0.15) is 5.10 Å². The van der Waals surface area contributed by atoms with E-state index in [0.717, 1.165) is 25.0 Å². The summed E-state index contributed by atoms with van der Waals surface area (Å²) in [5, 5.41) is 14.5. The predicted octanol–water partition coefficient (Wildman–Crippen LogP) is 3.34. The first-order valence-electron chi connectivity index (χ1n) is 7.37. The molecule has 1 N–H and O–H groups in total. The van der Waals surface area contributed by atoms with Crippen molar-refractivity contribution in [1.82, 2.24) is 9.78 Å². The van der Waals surface area contributed by atoms with E-state index in [4.69, 9.17) is 0 Å². The van der Waals surface area contributed by atoms with E-state index < -0.39 is 0 Å². The molecule has 1 atom stereocenters. The molecule has 1 fully saturated rings.